The number of carboxylic acid groups (broad SMARTS) is 1. The molecule has 0 bridgehead atoms. The van der Waals surface area contributed by atoms with Crippen LogP contribution in [0.15, 0.2) is 11.4 Å². The zero-order valence-electron chi connectivity index (χ0n) is 8.19. The van der Waals surface area contributed by atoms with Gasteiger partial charge in [0.1, 0.15) is 5.00 Å². The van der Waals surface area contributed by atoms with E-state index in [1.165, 1.54) is 17.4 Å². The molecule has 1 aromatic heterocycles. The second-order valence-electron chi connectivity index (χ2n) is 3.78. The summed E-state index contributed by atoms with van der Waals surface area (Å²) in [5, 5.41) is 13.6. The summed E-state index contributed by atoms with van der Waals surface area (Å²) < 4.78 is 0. The van der Waals surface area contributed by atoms with Crippen molar-refractivity contribution in [1.82, 2.24) is 0 Å². The smallest absolute Gasteiger partial charge is 0.338 e. The number of hydrogen-bond donors (Lipinski definition) is 2. The predicted octanol–water partition coefficient (Wildman–Crippen LogP) is 2.04. The zero-order chi connectivity index (χ0) is 11.0. The molecule has 0 radical (unpaired) electrons. The highest BCUT2D eigenvalue weighted by atomic mass is 32.1. The highest BCUT2D eigenvalue weighted by Crippen LogP contribution is 2.39. The van der Waals surface area contributed by atoms with Crippen molar-refractivity contribution in [2.75, 3.05) is 5.32 Å². The summed E-state index contributed by atoms with van der Waals surface area (Å²) in [4.78, 5) is 22.3. The molecule has 5 heteroatoms. The van der Waals surface area contributed by atoms with Gasteiger partial charge in [-0.25, -0.2) is 4.79 Å². The van der Waals surface area contributed by atoms with E-state index in [9.17, 15) is 9.59 Å². The molecule has 80 valence electrons. The van der Waals surface area contributed by atoms with E-state index in [1.54, 1.807) is 5.38 Å². The van der Waals surface area contributed by atoms with E-state index in [2.05, 4.69) is 5.32 Å². The Morgan fingerprint density at radius 1 is 1.60 bits per heavy atom. The van der Waals surface area contributed by atoms with Crippen molar-refractivity contribution in [1.29, 1.82) is 0 Å². The maximum Gasteiger partial charge on any atom is 0.338 e. The molecular formula is C10H11NO3S. The van der Waals surface area contributed by atoms with Crippen LogP contribution in [0.1, 0.15) is 23.7 Å². The van der Waals surface area contributed by atoms with Gasteiger partial charge in [0.25, 0.3) is 0 Å². The highest BCUT2D eigenvalue weighted by molar-refractivity contribution is 7.14. The van der Waals surface area contributed by atoms with E-state index in [0.717, 1.165) is 6.42 Å². The molecule has 2 unspecified atom stereocenters. The summed E-state index contributed by atoms with van der Waals surface area (Å²) in [5.74, 6) is -0.574. The van der Waals surface area contributed by atoms with E-state index in [-0.39, 0.29) is 17.4 Å². The Bertz CT molecular complexity index is 413. The zero-order valence-corrected chi connectivity index (χ0v) is 9.00. The molecule has 0 spiro atoms. The van der Waals surface area contributed by atoms with E-state index < -0.39 is 5.97 Å². The van der Waals surface area contributed by atoms with Crippen molar-refractivity contribution in [2.45, 2.75) is 13.3 Å². The van der Waals surface area contributed by atoms with E-state index in [0.29, 0.717) is 10.9 Å². The van der Waals surface area contributed by atoms with Gasteiger partial charge in [-0.2, -0.15) is 0 Å². The summed E-state index contributed by atoms with van der Waals surface area (Å²) in [6, 6.07) is 1.50. The second kappa shape index (κ2) is 3.66. The van der Waals surface area contributed by atoms with Gasteiger partial charge in [-0.1, -0.05) is 6.92 Å². The molecule has 15 heavy (non-hydrogen) atoms. The fraction of sp³-hybridized carbons (Fsp3) is 0.400. The van der Waals surface area contributed by atoms with Crippen LogP contribution in [0.25, 0.3) is 0 Å². The van der Waals surface area contributed by atoms with Crippen molar-refractivity contribution < 1.29 is 14.7 Å². The van der Waals surface area contributed by atoms with Crippen LogP contribution < -0.4 is 5.32 Å². The van der Waals surface area contributed by atoms with Crippen LogP contribution in [0.5, 0.6) is 0 Å². The van der Waals surface area contributed by atoms with Gasteiger partial charge in [0, 0.05) is 5.92 Å². The molecule has 0 aromatic carbocycles. The fourth-order valence-electron chi connectivity index (χ4n) is 1.47. The Kier molecular flexibility index (Phi) is 2.48. The number of anilines is 1. The summed E-state index contributed by atoms with van der Waals surface area (Å²) in [6.45, 7) is 2.01. The van der Waals surface area contributed by atoms with Gasteiger partial charge in [0.15, 0.2) is 0 Å². The molecule has 4 nitrogen and oxygen atoms in total. The van der Waals surface area contributed by atoms with Crippen LogP contribution in [0.2, 0.25) is 0 Å². The standard InChI is InChI=1S/C10H11NO3S/c1-5-4-7(5)8(12)11-9-6(10(13)14)2-3-15-9/h2-3,5,7H,4H2,1H3,(H,11,12)(H,13,14). The van der Waals surface area contributed by atoms with Gasteiger partial charge in [-0.3, -0.25) is 4.79 Å². The number of thiophene rings is 1. The van der Waals surface area contributed by atoms with Gasteiger partial charge in [-0.15, -0.1) is 11.3 Å². The fourth-order valence-corrected chi connectivity index (χ4v) is 2.25. The average Bonchev–Trinajstić information content (AvgIpc) is 2.73. The Hall–Kier alpha value is -1.36. The maximum absolute atomic E-state index is 11.6. The molecule has 2 N–H and O–H groups in total. The lowest BCUT2D eigenvalue weighted by atomic mass is 10.3. The number of aromatic carboxylic acids is 1. The Morgan fingerprint density at radius 3 is 2.80 bits per heavy atom. The lowest BCUT2D eigenvalue weighted by molar-refractivity contribution is -0.117. The third-order valence-corrected chi connectivity index (χ3v) is 3.41. The predicted molar refractivity (Wildman–Crippen MR) is 57.2 cm³/mol. The quantitative estimate of drug-likeness (QED) is 0.827. The van der Waals surface area contributed by atoms with Crippen molar-refractivity contribution in [2.24, 2.45) is 11.8 Å². The minimum Gasteiger partial charge on any atom is -0.478 e. The first-order valence-electron chi connectivity index (χ1n) is 4.71. The van der Waals surface area contributed by atoms with Crippen molar-refractivity contribution in [3.05, 3.63) is 17.0 Å². The number of carboxylic acids is 1. The molecule has 0 aliphatic heterocycles. The van der Waals surface area contributed by atoms with Gasteiger partial charge in [0.05, 0.1) is 5.56 Å². The van der Waals surface area contributed by atoms with E-state index in [1.807, 2.05) is 6.92 Å². The molecule has 1 aromatic rings. The number of carbonyl (C=O) groups is 2. The van der Waals surface area contributed by atoms with Crippen molar-refractivity contribution in [3.8, 4) is 0 Å². The van der Waals surface area contributed by atoms with Gasteiger partial charge >= 0.3 is 5.97 Å². The number of nitrogens with one attached hydrogen (secondary N) is 1. The van der Waals surface area contributed by atoms with Gasteiger partial charge < -0.3 is 10.4 Å². The molecule has 2 rings (SSSR count). The third-order valence-electron chi connectivity index (χ3n) is 2.58. The molecule has 1 amide bonds. The third kappa shape index (κ3) is 2.02. The molecule has 1 aliphatic rings. The average molecular weight is 225 g/mol. The minimum absolute atomic E-state index is 0.0625. The van der Waals surface area contributed by atoms with E-state index >= 15 is 0 Å². The number of hydrogen-bond acceptors (Lipinski definition) is 3. The van der Waals surface area contributed by atoms with Crippen LogP contribution in [0.3, 0.4) is 0 Å². The summed E-state index contributed by atoms with van der Waals surface area (Å²) in [7, 11) is 0. The molecule has 1 saturated carbocycles. The highest BCUT2D eigenvalue weighted by Gasteiger charge is 2.39. The van der Waals surface area contributed by atoms with Crippen LogP contribution >= 0.6 is 11.3 Å². The van der Waals surface area contributed by atoms with Crippen LogP contribution in [-0.4, -0.2) is 17.0 Å². The Morgan fingerprint density at radius 2 is 2.27 bits per heavy atom. The van der Waals surface area contributed by atoms with Gasteiger partial charge in [-0.05, 0) is 23.8 Å². The van der Waals surface area contributed by atoms with E-state index in [4.69, 9.17) is 5.11 Å². The minimum atomic E-state index is -1.00. The van der Waals surface area contributed by atoms with Crippen LogP contribution in [-0.2, 0) is 4.79 Å². The SMILES string of the molecule is CC1CC1C(=O)Nc1sccc1C(=O)O. The first-order chi connectivity index (χ1) is 7.09. The Balaban J connectivity index is 2.07. The van der Waals surface area contributed by atoms with Crippen molar-refractivity contribution >= 4 is 28.2 Å². The number of amides is 1. The maximum atomic E-state index is 11.6. The lowest BCUT2D eigenvalue weighted by Crippen LogP contribution is -2.15. The topological polar surface area (TPSA) is 66.4 Å². The first-order valence-corrected chi connectivity index (χ1v) is 5.59. The Labute approximate surface area is 90.9 Å². The molecule has 0 saturated heterocycles. The second-order valence-corrected chi connectivity index (χ2v) is 4.69. The lowest BCUT2D eigenvalue weighted by Gasteiger charge is -2.02. The molecule has 1 heterocycles. The van der Waals surface area contributed by atoms with Crippen LogP contribution in [0, 0.1) is 11.8 Å². The summed E-state index contributed by atoms with van der Waals surface area (Å²) in [5.41, 5.74) is 0.168. The molecule has 1 fully saturated rings. The normalized spacial score (nSPS) is 23.5. The number of rotatable bonds is 3. The molecule has 2 atom stereocenters. The monoisotopic (exact) mass is 225 g/mol. The largest absolute Gasteiger partial charge is 0.478 e. The first kappa shape index (κ1) is 10.2. The molecule has 1 aliphatic carbocycles. The number of carbonyl (C=O) groups excluding carboxylic acids is 1. The van der Waals surface area contributed by atoms with Crippen LogP contribution in [0.4, 0.5) is 5.00 Å². The summed E-state index contributed by atoms with van der Waals surface area (Å²) >= 11 is 1.24. The summed E-state index contributed by atoms with van der Waals surface area (Å²) in [6.07, 6.45) is 0.902. The van der Waals surface area contributed by atoms with Gasteiger partial charge in [0.2, 0.25) is 5.91 Å². The molecular weight excluding hydrogens is 214 g/mol. The van der Waals surface area contributed by atoms with Crippen molar-refractivity contribution in [3.63, 3.8) is 0 Å².